The smallest absolute Gasteiger partial charge is 0.129 e. The Labute approximate surface area is 123 Å². The molecule has 0 unspecified atom stereocenters. The van der Waals surface area contributed by atoms with Crippen molar-refractivity contribution in [1.29, 1.82) is 0 Å². The van der Waals surface area contributed by atoms with E-state index < -0.39 is 0 Å². The maximum atomic E-state index is 9.39. The lowest BCUT2D eigenvalue weighted by atomic mass is 9.74. The molecule has 0 aliphatic carbocycles. The van der Waals surface area contributed by atoms with E-state index in [1.54, 1.807) is 0 Å². The summed E-state index contributed by atoms with van der Waals surface area (Å²) in [5.74, 6) is 1.05. The van der Waals surface area contributed by atoms with Crippen molar-refractivity contribution in [3.05, 3.63) is 23.4 Å². The lowest BCUT2D eigenvalue weighted by Gasteiger charge is -2.41. The van der Waals surface area contributed by atoms with Crippen molar-refractivity contribution in [2.75, 3.05) is 18.0 Å². The second-order valence-electron chi connectivity index (χ2n) is 6.03. The van der Waals surface area contributed by atoms with Crippen LogP contribution >= 0.6 is 0 Å². The van der Waals surface area contributed by atoms with Crippen molar-refractivity contribution in [2.45, 2.75) is 59.5 Å². The van der Waals surface area contributed by atoms with Crippen molar-refractivity contribution < 1.29 is 5.11 Å². The summed E-state index contributed by atoms with van der Waals surface area (Å²) >= 11 is 0. The summed E-state index contributed by atoms with van der Waals surface area (Å²) in [5, 5.41) is 9.39. The molecule has 1 aromatic heterocycles. The third-order valence-electron chi connectivity index (χ3n) is 5.12. The first kappa shape index (κ1) is 15.3. The quantitative estimate of drug-likeness (QED) is 0.893. The highest BCUT2D eigenvalue weighted by molar-refractivity contribution is 5.43. The Bertz CT molecular complexity index is 408. The fourth-order valence-electron chi connectivity index (χ4n) is 3.23. The van der Waals surface area contributed by atoms with Crippen LogP contribution in [0.1, 0.15) is 57.7 Å². The summed E-state index contributed by atoms with van der Waals surface area (Å²) in [7, 11) is 0. The van der Waals surface area contributed by atoms with Crippen LogP contribution in [0.3, 0.4) is 0 Å². The summed E-state index contributed by atoms with van der Waals surface area (Å²) < 4.78 is 0. The van der Waals surface area contributed by atoms with Gasteiger partial charge in [-0.1, -0.05) is 33.6 Å². The highest BCUT2D eigenvalue weighted by atomic mass is 16.3. The molecule has 1 fully saturated rings. The van der Waals surface area contributed by atoms with Crippen molar-refractivity contribution in [1.82, 2.24) is 4.98 Å². The number of aliphatic hydroxyl groups is 1. The predicted octanol–water partition coefficient (Wildman–Crippen LogP) is 3.54. The molecule has 3 nitrogen and oxygen atoms in total. The van der Waals surface area contributed by atoms with Crippen molar-refractivity contribution in [2.24, 2.45) is 5.41 Å². The molecule has 0 amide bonds. The van der Waals surface area contributed by atoms with Gasteiger partial charge in [0.15, 0.2) is 0 Å². The highest BCUT2D eigenvalue weighted by Crippen LogP contribution is 2.38. The lowest BCUT2D eigenvalue weighted by molar-refractivity contribution is 0.199. The van der Waals surface area contributed by atoms with Crippen LogP contribution in [0, 0.1) is 5.41 Å². The second kappa shape index (κ2) is 6.57. The molecule has 0 bridgehead atoms. The maximum absolute atomic E-state index is 9.39. The Kier molecular flexibility index (Phi) is 5.03. The number of aromatic nitrogens is 1. The summed E-state index contributed by atoms with van der Waals surface area (Å²) in [4.78, 5) is 7.13. The molecule has 3 heteroatoms. The molecule has 0 atom stereocenters. The van der Waals surface area contributed by atoms with Crippen LogP contribution in [0.5, 0.6) is 0 Å². The van der Waals surface area contributed by atoms with E-state index in [4.69, 9.17) is 4.98 Å². The van der Waals surface area contributed by atoms with Gasteiger partial charge in [-0.2, -0.15) is 0 Å². The van der Waals surface area contributed by atoms with E-state index >= 15 is 0 Å². The van der Waals surface area contributed by atoms with Gasteiger partial charge in [-0.15, -0.1) is 0 Å². The molecule has 1 aromatic rings. The number of rotatable bonds is 5. The summed E-state index contributed by atoms with van der Waals surface area (Å²) in [6.07, 6.45) is 5.99. The number of hydrogen-bond donors (Lipinski definition) is 1. The molecule has 0 radical (unpaired) electrons. The molecule has 20 heavy (non-hydrogen) atoms. The summed E-state index contributed by atoms with van der Waals surface area (Å²) in [6, 6.07) is 4.06. The Morgan fingerprint density at radius 2 is 1.80 bits per heavy atom. The van der Waals surface area contributed by atoms with Gasteiger partial charge in [0, 0.05) is 18.8 Å². The van der Waals surface area contributed by atoms with Crippen LogP contribution in [0.15, 0.2) is 12.1 Å². The Hall–Kier alpha value is -1.09. The highest BCUT2D eigenvalue weighted by Gasteiger charge is 2.31. The SMILES string of the molecule is CCc1cc(CO)cc(N2CCC(CC)(CC)CC2)n1. The van der Waals surface area contributed by atoms with Gasteiger partial charge in [-0.25, -0.2) is 4.98 Å². The molecule has 0 aromatic carbocycles. The van der Waals surface area contributed by atoms with Crippen LogP contribution < -0.4 is 4.90 Å². The number of anilines is 1. The van der Waals surface area contributed by atoms with Gasteiger partial charge in [0.2, 0.25) is 0 Å². The molecule has 1 N–H and O–H groups in total. The third-order valence-corrected chi connectivity index (χ3v) is 5.12. The van der Waals surface area contributed by atoms with E-state index in [-0.39, 0.29) is 6.61 Å². The zero-order valence-electron chi connectivity index (χ0n) is 13.2. The largest absolute Gasteiger partial charge is 0.392 e. The first-order chi connectivity index (χ1) is 9.66. The predicted molar refractivity (Wildman–Crippen MR) is 84.0 cm³/mol. The van der Waals surface area contributed by atoms with Gasteiger partial charge in [-0.3, -0.25) is 0 Å². The molecule has 0 spiro atoms. The standard InChI is InChI=1S/C17H28N2O/c1-4-15-11-14(13-20)12-16(18-15)19-9-7-17(5-2,6-3)8-10-19/h11-12,20H,4-10,13H2,1-3H3. The van der Waals surface area contributed by atoms with E-state index in [9.17, 15) is 5.11 Å². The minimum absolute atomic E-state index is 0.101. The number of aliphatic hydroxyl groups excluding tert-OH is 1. The Morgan fingerprint density at radius 3 is 2.30 bits per heavy atom. The number of aryl methyl sites for hydroxylation is 1. The van der Waals surface area contributed by atoms with Gasteiger partial charge >= 0.3 is 0 Å². The van der Waals surface area contributed by atoms with Gasteiger partial charge in [-0.05, 0) is 42.4 Å². The van der Waals surface area contributed by atoms with Crippen LogP contribution in [-0.4, -0.2) is 23.2 Å². The van der Waals surface area contributed by atoms with Gasteiger partial charge in [0.05, 0.1) is 6.61 Å². The first-order valence-corrected chi connectivity index (χ1v) is 8.02. The topological polar surface area (TPSA) is 36.4 Å². The zero-order chi connectivity index (χ0) is 14.6. The molecule has 1 saturated heterocycles. The van der Waals surface area contributed by atoms with E-state index in [2.05, 4.69) is 25.7 Å². The molecule has 1 aliphatic rings. The van der Waals surface area contributed by atoms with Crippen molar-refractivity contribution in [3.63, 3.8) is 0 Å². The first-order valence-electron chi connectivity index (χ1n) is 8.02. The minimum Gasteiger partial charge on any atom is -0.392 e. The normalized spacial score (nSPS) is 18.3. The maximum Gasteiger partial charge on any atom is 0.129 e. The molecule has 2 rings (SSSR count). The molecule has 2 heterocycles. The van der Waals surface area contributed by atoms with Crippen LogP contribution in [0.25, 0.3) is 0 Å². The van der Waals surface area contributed by atoms with Gasteiger partial charge < -0.3 is 10.0 Å². The number of hydrogen-bond acceptors (Lipinski definition) is 3. The zero-order valence-corrected chi connectivity index (χ0v) is 13.2. The van der Waals surface area contributed by atoms with Gasteiger partial charge in [0.25, 0.3) is 0 Å². The summed E-state index contributed by atoms with van der Waals surface area (Å²) in [6.45, 7) is 9.03. The Morgan fingerprint density at radius 1 is 1.15 bits per heavy atom. The molecule has 112 valence electrons. The van der Waals surface area contributed by atoms with E-state index in [1.165, 1.54) is 25.7 Å². The van der Waals surface area contributed by atoms with E-state index in [1.807, 2.05) is 12.1 Å². The monoisotopic (exact) mass is 276 g/mol. The Balaban J connectivity index is 2.14. The minimum atomic E-state index is 0.101. The number of piperidine rings is 1. The van der Waals surface area contributed by atoms with Gasteiger partial charge in [0.1, 0.15) is 5.82 Å². The van der Waals surface area contributed by atoms with Crippen LogP contribution in [-0.2, 0) is 13.0 Å². The molecular formula is C17H28N2O. The van der Waals surface area contributed by atoms with Crippen molar-refractivity contribution >= 4 is 5.82 Å². The van der Waals surface area contributed by atoms with E-state index in [0.717, 1.165) is 36.6 Å². The van der Waals surface area contributed by atoms with Crippen molar-refractivity contribution in [3.8, 4) is 0 Å². The second-order valence-corrected chi connectivity index (χ2v) is 6.03. The average molecular weight is 276 g/mol. The molecular weight excluding hydrogens is 248 g/mol. The molecule has 0 saturated carbocycles. The van der Waals surface area contributed by atoms with Crippen LogP contribution in [0.2, 0.25) is 0 Å². The number of pyridine rings is 1. The third kappa shape index (κ3) is 3.14. The van der Waals surface area contributed by atoms with Crippen LogP contribution in [0.4, 0.5) is 5.82 Å². The summed E-state index contributed by atoms with van der Waals surface area (Å²) in [5.41, 5.74) is 2.60. The number of nitrogens with zero attached hydrogens (tertiary/aromatic N) is 2. The van der Waals surface area contributed by atoms with E-state index in [0.29, 0.717) is 5.41 Å². The fraction of sp³-hybridized carbons (Fsp3) is 0.706. The fourth-order valence-corrected chi connectivity index (χ4v) is 3.23. The molecule has 1 aliphatic heterocycles. The lowest BCUT2D eigenvalue weighted by Crippen LogP contribution is -2.40. The average Bonchev–Trinajstić information content (AvgIpc) is 2.54.